The Morgan fingerprint density at radius 2 is 2.12 bits per heavy atom. The van der Waals surface area contributed by atoms with Gasteiger partial charge >= 0.3 is 0 Å². The number of Topliss-reactive ketones (excluding diaryl/α,β-unsaturated/α-hetero) is 1. The highest BCUT2D eigenvalue weighted by Gasteiger charge is 2.32. The first kappa shape index (κ1) is 12.4. The first-order chi connectivity index (χ1) is 8.02. The summed E-state index contributed by atoms with van der Waals surface area (Å²) in [6.07, 6.45) is 0.455. The number of anilines is 1. The van der Waals surface area contributed by atoms with Crippen LogP contribution in [0.5, 0.6) is 0 Å². The number of nitrogens with zero attached hydrogens (tertiary/aromatic N) is 1. The van der Waals surface area contributed by atoms with Gasteiger partial charge in [-0.1, -0.05) is 24.6 Å². The average molecular weight is 256 g/mol. The molecule has 2 unspecified atom stereocenters. The van der Waals surface area contributed by atoms with Crippen LogP contribution in [0.3, 0.4) is 0 Å². The third-order valence-electron chi connectivity index (χ3n) is 3.55. The highest BCUT2D eigenvalue weighted by molar-refractivity contribution is 6.33. The van der Waals surface area contributed by atoms with E-state index in [1.807, 2.05) is 18.7 Å². The molecule has 17 heavy (non-hydrogen) atoms. The second-order valence-electron chi connectivity index (χ2n) is 4.51. The lowest BCUT2D eigenvalue weighted by molar-refractivity contribution is -0.123. The predicted octanol–water partition coefficient (Wildman–Crippen LogP) is 3.28. The Hall–Kier alpha value is -1.09. The lowest BCUT2D eigenvalue weighted by Gasteiger charge is -2.39. The van der Waals surface area contributed by atoms with E-state index in [0.717, 1.165) is 0 Å². The molecule has 0 aliphatic carbocycles. The Morgan fingerprint density at radius 1 is 1.41 bits per heavy atom. The number of benzene rings is 1. The van der Waals surface area contributed by atoms with E-state index >= 15 is 0 Å². The molecule has 1 aromatic carbocycles. The third-order valence-corrected chi connectivity index (χ3v) is 3.85. The summed E-state index contributed by atoms with van der Waals surface area (Å²) in [4.78, 5) is 13.5. The molecule has 2 nitrogen and oxygen atoms in total. The second kappa shape index (κ2) is 4.65. The molecule has 4 heteroatoms. The standard InChI is InChI=1S/C13H15ClFNO/c1-8-9(2)16(7-6-12(8)17)13-10(14)4-3-5-11(13)15/h3-5,8-9H,6-7H2,1-2H3. The fourth-order valence-corrected chi connectivity index (χ4v) is 2.55. The van der Waals surface area contributed by atoms with Crippen LogP contribution in [0.25, 0.3) is 0 Å². The highest BCUT2D eigenvalue weighted by Crippen LogP contribution is 2.34. The molecule has 1 fully saturated rings. The summed E-state index contributed by atoms with van der Waals surface area (Å²) in [6, 6.07) is 4.64. The van der Waals surface area contributed by atoms with Crippen LogP contribution in [0.1, 0.15) is 20.3 Å². The first-order valence-electron chi connectivity index (χ1n) is 5.75. The van der Waals surface area contributed by atoms with Gasteiger partial charge < -0.3 is 4.90 Å². The van der Waals surface area contributed by atoms with Crippen molar-refractivity contribution in [1.82, 2.24) is 0 Å². The highest BCUT2D eigenvalue weighted by atomic mass is 35.5. The summed E-state index contributed by atoms with van der Waals surface area (Å²) in [7, 11) is 0. The fourth-order valence-electron chi connectivity index (χ4n) is 2.28. The zero-order valence-electron chi connectivity index (χ0n) is 9.91. The van der Waals surface area contributed by atoms with E-state index in [0.29, 0.717) is 23.7 Å². The molecule has 1 aliphatic heterocycles. The largest absolute Gasteiger partial charge is 0.364 e. The van der Waals surface area contributed by atoms with E-state index in [9.17, 15) is 9.18 Å². The Labute approximate surface area is 105 Å². The van der Waals surface area contributed by atoms with Crippen LogP contribution in [-0.4, -0.2) is 18.4 Å². The van der Waals surface area contributed by atoms with Crippen LogP contribution in [0.4, 0.5) is 10.1 Å². The quantitative estimate of drug-likeness (QED) is 0.768. The van der Waals surface area contributed by atoms with Crippen LogP contribution in [0, 0.1) is 11.7 Å². The third kappa shape index (κ3) is 2.16. The Bertz CT molecular complexity index is 429. The lowest BCUT2D eigenvalue weighted by Crippen LogP contribution is -2.47. The number of carbonyl (C=O) groups excluding carboxylic acids is 1. The van der Waals surface area contributed by atoms with Crippen LogP contribution in [0.2, 0.25) is 5.02 Å². The molecular weight excluding hydrogens is 241 g/mol. The SMILES string of the molecule is CC1C(=O)CCN(c2c(F)cccc2Cl)C1C. The number of carbonyl (C=O) groups is 1. The van der Waals surface area contributed by atoms with Crippen LogP contribution in [0.15, 0.2) is 18.2 Å². The number of hydrogen-bond donors (Lipinski definition) is 0. The summed E-state index contributed by atoms with van der Waals surface area (Å²) in [5.74, 6) is -0.175. The molecule has 1 saturated heterocycles. The molecule has 0 amide bonds. The number of ketones is 1. The van der Waals surface area contributed by atoms with Crippen molar-refractivity contribution < 1.29 is 9.18 Å². The average Bonchev–Trinajstić information content (AvgIpc) is 2.29. The molecule has 0 bridgehead atoms. The van der Waals surface area contributed by atoms with Gasteiger partial charge in [0.1, 0.15) is 11.6 Å². The number of hydrogen-bond acceptors (Lipinski definition) is 2. The number of piperidine rings is 1. The molecular formula is C13H15ClFNO. The molecule has 0 aromatic heterocycles. The smallest absolute Gasteiger partial charge is 0.148 e. The Balaban J connectivity index is 2.37. The molecule has 0 N–H and O–H groups in total. The van der Waals surface area contributed by atoms with Crippen LogP contribution < -0.4 is 4.90 Å². The van der Waals surface area contributed by atoms with Gasteiger partial charge in [-0.3, -0.25) is 4.79 Å². The van der Waals surface area contributed by atoms with Crippen molar-refractivity contribution >= 4 is 23.1 Å². The van der Waals surface area contributed by atoms with Crippen molar-refractivity contribution in [2.75, 3.05) is 11.4 Å². The van der Waals surface area contributed by atoms with Crippen molar-refractivity contribution in [2.24, 2.45) is 5.92 Å². The lowest BCUT2D eigenvalue weighted by atomic mass is 9.90. The monoisotopic (exact) mass is 255 g/mol. The molecule has 2 atom stereocenters. The molecule has 0 spiro atoms. The van der Waals surface area contributed by atoms with E-state index in [2.05, 4.69) is 0 Å². The Morgan fingerprint density at radius 3 is 2.76 bits per heavy atom. The summed E-state index contributed by atoms with van der Waals surface area (Å²) in [5.41, 5.74) is 0.418. The fraction of sp³-hybridized carbons (Fsp3) is 0.462. The van der Waals surface area contributed by atoms with E-state index < -0.39 is 0 Å². The minimum absolute atomic E-state index is 0.0225. The van der Waals surface area contributed by atoms with E-state index in [1.165, 1.54) is 6.07 Å². The van der Waals surface area contributed by atoms with Gasteiger partial charge in [0, 0.05) is 24.9 Å². The molecule has 0 radical (unpaired) electrons. The van der Waals surface area contributed by atoms with Gasteiger partial charge in [0.15, 0.2) is 0 Å². The van der Waals surface area contributed by atoms with Crippen molar-refractivity contribution in [1.29, 1.82) is 0 Å². The van der Waals surface area contributed by atoms with Gasteiger partial charge in [-0.05, 0) is 19.1 Å². The van der Waals surface area contributed by atoms with Gasteiger partial charge in [0.2, 0.25) is 0 Å². The zero-order valence-corrected chi connectivity index (χ0v) is 10.7. The summed E-state index contributed by atoms with van der Waals surface area (Å²) >= 11 is 6.05. The first-order valence-corrected chi connectivity index (χ1v) is 6.13. The molecule has 92 valence electrons. The van der Waals surface area contributed by atoms with Crippen LogP contribution in [-0.2, 0) is 4.79 Å². The van der Waals surface area contributed by atoms with Crippen LogP contribution >= 0.6 is 11.6 Å². The number of rotatable bonds is 1. The normalized spacial score (nSPS) is 25.2. The van der Waals surface area contributed by atoms with Gasteiger partial charge in [0.05, 0.1) is 10.7 Å². The Kier molecular flexibility index (Phi) is 3.38. The summed E-state index contributed by atoms with van der Waals surface area (Å²) in [6.45, 7) is 4.35. The van der Waals surface area contributed by atoms with Gasteiger partial charge in [-0.2, -0.15) is 0 Å². The topological polar surface area (TPSA) is 20.3 Å². The molecule has 1 heterocycles. The van der Waals surface area contributed by atoms with E-state index in [-0.39, 0.29) is 23.6 Å². The maximum absolute atomic E-state index is 13.8. The van der Waals surface area contributed by atoms with Gasteiger partial charge in [-0.15, -0.1) is 0 Å². The van der Waals surface area contributed by atoms with Crippen molar-refractivity contribution in [3.05, 3.63) is 29.0 Å². The molecule has 2 rings (SSSR count). The van der Waals surface area contributed by atoms with Crippen molar-refractivity contribution in [3.8, 4) is 0 Å². The van der Waals surface area contributed by atoms with Crippen molar-refractivity contribution in [2.45, 2.75) is 26.3 Å². The zero-order chi connectivity index (χ0) is 12.6. The maximum Gasteiger partial charge on any atom is 0.148 e. The molecule has 1 aliphatic rings. The number of halogens is 2. The van der Waals surface area contributed by atoms with E-state index in [4.69, 9.17) is 11.6 Å². The van der Waals surface area contributed by atoms with E-state index in [1.54, 1.807) is 12.1 Å². The minimum Gasteiger partial charge on any atom is -0.364 e. The van der Waals surface area contributed by atoms with Gasteiger partial charge in [0.25, 0.3) is 0 Å². The van der Waals surface area contributed by atoms with Gasteiger partial charge in [-0.25, -0.2) is 4.39 Å². The minimum atomic E-state index is -0.328. The maximum atomic E-state index is 13.8. The molecule has 1 aromatic rings. The number of para-hydroxylation sites is 1. The summed E-state index contributed by atoms with van der Waals surface area (Å²) in [5, 5.41) is 0.401. The predicted molar refractivity (Wildman–Crippen MR) is 67.0 cm³/mol. The summed E-state index contributed by atoms with van der Waals surface area (Å²) < 4.78 is 13.8. The van der Waals surface area contributed by atoms with Crippen molar-refractivity contribution in [3.63, 3.8) is 0 Å². The molecule has 0 saturated carbocycles. The second-order valence-corrected chi connectivity index (χ2v) is 4.92.